The first kappa shape index (κ1) is 23.0. The minimum absolute atomic E-state index is 0.244. The molecule has 0 radical (unpaired) electrons. The van der Waals surface area contributed by atoms with Crippen molar-refractivity contribution in [2.24, 2.45) is 9.98 Å². The first-order chi connectivity index (χ1) is 17.0. The molecule has 7 heteroatoms. The Kier molecular flexibility index (Phi) is 6.44. The van der Waals surface area contributed by atoms with Crippen LogP contribution >= 0.6 is 11.3 Å². The Labute approximate surface area is 208 Å². The molecule has 5 nitrogen and oxygen atoms in total. The molecular formula is C28H23N3O2S2. The van der Waals surface area contributed by atoms with Crippen LogP contribution in [-0.4, -0.2) is 24.7 Å². The van der Waals surface area contributed by atoms with E-state index in [4.69, 9.17) is 4.99 Å². The summed E-state index contributed by atoms with van der Waals surface area (Å²) in [5.74, 6) is -0.0132. The standard InChI is InChI=1S/C28H23N3O2S2/c1-21-16-18-22(19-17-21)27(29-20-35(32,33)24-12-6-3-7-13-24)30-28-31(23-10-4-2-5-11-23)25-14-8-9-15-26(25)34-28/h2-19H,20H2,1H3/b29-27-,30-28?. The molecule has 0 saturated carbocycles. The van der Waals surface area contributed by atoms with Gasteiger partial charge in [-0.3, -0.25) is 4.57 Å². The third kappa shape index (κ3) is 5.01. The van der Waals surface area contributed by atoms with Crippen LogP contribution in [0.15, 0.2) is 124 Å². The van der Waals surface area contributed by atoms with E-state index < -0.39 is 9.84 Å². The molecule has 1 heterocycles. The smallest absolute Gasteiger partial charge is 0.198 e. The number of aromatic nitrogens is 1. The highest BCUT2D eigenvalue weighted by molar-refractivity contribution is 7.91. The molecular weight excluding hydrogens is 474 g/mol. The van der Waals surface area contributed by atoms with Crippen molar-refractivity contribution < 1.29 is 8.42 Å². The number of hydrogen-bond acceptors (Lipinski definition) is 4. The van der Waals surface area contributed by atoms with E-state index in [9.17, 15) is 8.42 Å². The number of para-hydroxylation sites is 2. The Balaban J connectivity index is 1.69. The van der Waals surface area contributed by atoms with Crippen LogP contribution in [0.5, 0.6) is 0 Å². The average molecular weight is 498 g/mol. The molecule has 5 rings (SSSR count). The van der Waals surface area contributed by atoms with E-state index in [0.717, 1.165) is 27.0 Å². The van der Waals surface area contributed by atoms with Crippen molar-refractivity contribution in [3.63, 3.8) is 0 Å². The summed E-state index contributed by atoms with van der Waals surface area (Å²) in [4.78, 5) is 10.4. The zero-order chi connectivity index (χ0) is 24.3. The number of nitrogens with zero attached hydrogens (tertiary/aromatic N) is 3. The van der Waals surface area contributed by atoms with Gasteiger partial charge in [0.05, 0.1) is 15.1 Å². The molecule has 5 aromatic rings. The summed E-state index contributed by atoms with van der Waals surface area (Å²) >= 11 is 1.54. The van der Waals surface area contributed by atoms with E-state index in [1.165, 1.54) is 0 Å². The Morgan fingerprint density at radius 3 is 2.14 bits per heavy atom. The molecule has 0 aliphatic carbocycles. The van der Waals surface area contributed by atoms with E-state index in [0.29, 0.717) is 10.6 Å². The fraction of sp³-hybridized carbons (Fsp3) is 0.0714. The maximum atomic E-state index is 13.0. The molecule has 0 atom stereocenters. The summed E-state index contributed by atoms with van der Waals surface area (Å²) in [7, 11) is -3.60. The predicted octanol–water partition coefficient (Wildman–Crippen LogP) is 5.78. The molecule has 0 aliphatic heterocycles. The fourth-order valence-electron chi connectivity index (χ4n) is 3.71. The number of aliphatic imine (C=N–C) groups is 1. The van der Waals surface area contributed by atoms with Crippen LogP contribution in [-0.2, 0) is 9.84 Å². The van der Waals surface area contributed by atoms with Gasteiger partial charge in [-0.05, 0) is 43.3 Å². The second-order valence-electron chi connectivity index (χ2n) is 8.04. The van der Waals surface area contributed by atoms with Gasteiger partial charge in [-0.2, -0.15) is 0 Å². The summed E-state index contributed by atoms with van der Waals surface area (Å²) in [6, 6.07) is 34.3. The van der Waals surface area contributed by atoms with Crippen molar-refractivity contribution in [1.29, 1.82) is 0 Å². The zero-order valence-electron chi connectivity index (χ0n) is 19.1. The van der Waals surface area contributed by atoms with E-state index in [-0.39, 0.29) is 10.8 Å². The quantitative estimate of drug-likeness (QED) is 0.228. The van der Waals surface area contributed by atoms with E-state index in [1.54, 1.807) is 41.7 Å². The van der Waals surface area contributed by atoms with Crippen molar-refractivity contribution in [1.82, 2.24) is 4.57 Å². The van der Waals surface area contributed by atoms with Gasteiger partial charge < -0.3 is 0 Å². The number of amidine groups is 1. The lowest BCUT2D eigenvalue weighted by atomic mass is 10.1. The topological polar surface area (TPSA) is 63.8 Å². The second kappa shape index (κ2) is 9.82. The Hall–Kier alpha value is -3.81. The van der Waals surface area contributed by atoms with E-state index >= 15 is 0 Å². The highest BCUT2D eigenvalue weighted by Crippen LogP contribution is 2.21. The molecule has 0 bridgehead atoms. The predicted molar refractivity (Wildman–Crippen MR) is 143 cm³/mol. The van der Waals surface area contributed by atoms with E-state index in [2.05, 4.69) is 21.7 Å². The zero-order valence-corrected chi connectivity index (χ0v) is 20.7. The molecule has 174 valence electrons. The summed E-state index contributed by atoms with van der Waals surface area (Å²) in [5, 5.41) is 0. The van der Waals surface area contributed by atoms with Crippen molar-refractivity contribution in [3.05, 3.63) is 125 Å². The minimum atomic E-state index is -3.60. The lowest BCUT2D eigenvalue weighted by Gasteiger charge is -2.07. The number of hydrogen-bond donors (Lipinski definition) is 0. The van der Waals surface area contributed by atoms with Crippen molar-refractivity contribution in [2.45, 2.75) is 11.8 Å². The van der Waals surface area contributed by atoms with Gasteiger partial charge in [-0.1, -0.05) is 89.7 Å². The molecule has 0 amide bonds. The Bertz CT molecular complexity index is 1670. The molecule has 0 saturated heterocycles. The van der Waals surface area contributed by atoms with Crippen molar-refractivity contribution >= 4 is 37.2 Å². The highest BCUT2D eigenvalue weighted by Gasteiger charge is 2.15. The monoisotopic (exact) mass is 497 g/mol. The third-order valence-electron chi connectivity index (χ3n) is 5.51. The van der Waals surface area contributed by atoms with Gasteiger partial charge in [0, 0.05) is 11.3 Å². The van der Waals surface area contributed by atoms with Gasteiger partial charge in [0.1, 0.15) is 5.88 Å². The SMILES string of the molecule is Cc1ccc(/C(N=c2sc3ccccc3n2-c2ccccc2)=N/CS(=O)(=O)c2ccccc2)cc1. The van der Waals surface area contributed by atoms with Crippen LogP contribution in [0.2, 0.25) is 0 Å². The summed E-state index contributed by atoms with van der Waals surface area (Å²) < 4.78 is 29.1. The van der Waals surface area contributed by atoms with Gasteiger partial charge in [-0.25, -0.2) is 18.4 Å². The molecule has 0 fully saturated rings. The molecule has 0 unspecified atom stereocenters. The maximum Gasteiger partial charge on any atom is 0.198 e. The van der Waals surface area contributed by atoms with Gasteiger partial charge in [-0.15, -0.1) is 0 Å². The van der Waals surface area contributed by atoms with Gasteiger partial charge in [0.2, 0.25) is 0 Å². The van der Waals surface area contributed by atoms with Crippen molar-refractivity contribution in [3.8, 4) is 5.69 Å². The molecule has 35 heavy (non-hydrogen) atoms. The Morgan fingerprint density at radius 2 is 1.43 bits per heavy atom. The number of fused-ring (bicyclic) bond motifs is 1. The van der Waals surface area contributed by atoms with Crippen LogP contribution in [0.4, 0.5) is 0 Å². The summed E-state index contributed by atoms with van der Waals surface area (Å²) in [6.45, 7) is 2.01. The van der Waals surface area contributed by atoms with Crippen LogP contribution in [0.25, 0.3) is 15.9 Å². The first-order valence-corrected chi connectivity index (χ1v) is 13.6. The molecule has 0 N–H and O–H groups in total. The third-order valence-corrected chi connectivity index (χ3v) is 7.99. The highest BCUT2D eigenvalue weighted by atomic mass is 32.2. The van der Waals surface area contributed by atoms with Gasteiger partial charge >= 0.3 is 0 Å². The normalized spacial score (nSPS) is 12.8. The van der Waals surface area contributed by atoms with Crippen LogP contribution in [0, 0.1) is 6.92 Å². The minimum Gasteiger partial charge on any atom is -0.285 e. The lowest BCUT2D eigenvalue weighted by Crippen LogP contribution is -2.16. The number of sulfone groups is 1. The van der Waals surface area contributed by atoms with Gasteiger partial charge in [0.15, 0.2) is 20.5 Å². The lowest BCUT2D eigenvalue weighted by molar-refractivity contribution is 0.596. The van der Waals surface area contributed by atoms with Crippen LogP contribution in [0.3, 0.4) is 0 Å². The number of benzene rings is 4. The Morgan fingerprint density at radius 1 is 0.800 bits per heavy atom. The van der Waals surface area contributed by atoms with Crippen molar-refractivity contribution in [2.75, 3.05) is 5.88 Å². The first-order valence-electron chi connectivity index (χ1n) is 11.1. The van der Waals surface area contributed by atoms with Crippen LogP contribution < -0.4 is 4.80 Å². The fourth-order valence-corrected chi connectivity index (χ4v) is 5.76. The largest absolute Gasteiger partial charge is 0.285 e. The summed E-state index contributed by atoms with van der Waals surface area (Å²) in [5.41, 5.74) is 3.87. The summed E-state index contributed by atoms with van der Waals surface area (Å²) in [6.07, 6.45) is 0. The van der Waals surface area contributed by atoms with Crippen LogP contribution in [0.1, 0.15) is 11.1 Å². The average Bonchev–Trinajstić information content (AvgIpc) is 3.26. The number of aryl methyl sites for hydroxylation is 1. The molecule has 0 aliphatic rings. The molecule has 1 aromatic heterocycles. The molecule has 4 aromatic carbocycles. The second-order valence-corrected chi connectivity index (χ2v) is 11.0. The van der Waals surface area contributed by atoms with Gasteiger partial charge in [0.25, 0.3) is 0 Å². The van der Waals surface area contributed by atoms with E-state index in [1.807, 2.05) is 73.7 Å². The number of thiazole rings is 1. The number of rotatable bonds is 5. The molecule has 0 spiro atoms. The maximum absolute atomic E-state index is 13.0.